The van der Waals surface area contributed by atoms with E-state index in [0.29, 0.717) is 5.69 Å². The van der Waals surface area contributed by atoms with E-state index < -0.39 is 11.8 Å². The number of amides is 2. The number of halogens is 1. The van der Waals surface area contributed by atoms with Crippen molar-refractivity contribution in [2.24, 2.45) is 11.5 Å². The summed E-state index contributed by atoms with van der Waals surface area (Å²) in [6.45, 7) is -0.176. The highest BCUT2D eigenvalue weighted by molar-refractivity contribution is 14.1. The molecule has 10 nitrogen and oxygen atoms in total. The summed E-state index contributed by atoms with van der Waals surface area (Å²) in [5.41, 5.74) is 13.1. The number of nitrogens with zero attached hydrogens (tertiary/aromatic N) is 4. The van der Waals surface area contributed by atoms with E-state index in [9.17, 15) is 9.59 Å². The van der Waals surface area contributed by atoms with E-state index in [-0.39, 0.29) is 24.0 Å². The van der Waals surface area contributed by atoms with Crippen LogP contribution in [0.15, 0.2) is 54.7 Å². The summed E-state index contributed by atoms with van der Waals surface area (Å²) in [6, 6.07) is 15.9. The van der Waals surface area contributed by atoms with Gasteiger partial charge in [0.1, 0.15) is 0 Å². The molecule has 4 rings (SSSR count). The topological polar surface area (TPSA) is 154 Å². The number of primary amides is 2. The predicted molar refractivity (Wildman–Crippen MR) is 125 cm³/mol. The number of nitrogens with one attached hydrogen (secondary N) is 2. The van der Waals surface area contributed by atoms with Crippen LogP contribution in [-0.2, 0) is 4.79 Å². The standard InChI is InChI=1S/C20H17IN8O2/c21-11-8-14(13-6-7-29(15(13)9-11)12-4-2-1-3-5-12)25-19-17(18(23)31)27-28-20(26-19)24-10-16(22)30/h1-9H,10H2,(H2,22,30)(H2,23,31)(H2,24,25,26,28). The number of nitrogens with two attached hydrogens (primary N) is 2. The van der Waals surface area contributed by atoms with Crippen molar-refractivity contribution in [1.29, 1.82) is 0 Å². The van der Waals surface area contributed by atoms with Gasteiger partial charge < -0.3 is 26.7 Å². The maximum Gasteiger partial charge on any atom is 0.273 e. The molecular weight excluding hydrogens is 511 g/mol. The van der Waals surface area contributed by atoms with Gasteiger partial charge in [0.05, 0.1) is 17.7 Å². The summed E-state index contributed by atoms with van der Waals surface area (Å²) >= 11 is 2.22. The summed E-state index contributed by atoms with van der Waals surface area (Å²) in [4.78, 5) is 27.1. The van der Waals surface area contributed by atoms with E-state index in [0.717, 1.165) is 20.2 Å². The van der Waals surface area contributed by atoms with E-state index in [1.807, 2.05) is 48.7 Å². The first kappa shape index (κ1) is 20.5. The number of hydrogen-bond acceptors (Lipinski definition) is 7. The molecule has 0 saturated heterocycles. The van der Waals surface area contributed by atoms with E-state index in [4.69, 9.17) is 11.5 Å². The van der Waals surface area contributed by atoms with Crippen molar-refractivity contribution < 1.29 is 9.59 Å². The zero-order valence-corrected chi connectivity index (χ0v) is 18.2. The zero-order chi connectivity index (χ0) is 22.0. The van der Waals surface area contributed by atoms with Crippen LogP contribution in [0.25, 0.3) is 16.6 Å². The Balaban J connectivity index is 1.78. The minimum absolute atomic E-state index is 0.0371. The fourth-order valence-electron chi connectivity index (χ4n) is 3.07. The van der Waals surface area contributed by atoms with Gasteiger partial charge in [0.25, 0.3) is 5.91 Å². The highest BCUT2D eigenvalue weighted by Gasteiger charge is 2.17. The average Bonchev–Trinajstić information content (AvgIpc) is 3.16. The number of benzene rings is 2. The number of carbonyl (C=O) groups is 2. The summed E-state index contributed by atoms with van der Waals surface area (Å²) in [5.74, 6) is -1.22. The van der Waals surface area contributed by atoms with Crippen LogP contribution in [-0.4, -0.2) is 38.1 Å². The first-order valence-electron chi connectivity index (χ1n) is 9.12. The Kier molecular flexibility index (Phi) is 5.66. The lowest BCUT2D eigenvalue weighted by Gasteiger charge is -2.12. The van der Waals surface area contributed by atoms with Crippen LogP contribution in [0.5, 0.6) is 0 Å². The zero-order valence-electron chi connectivity index (χ0n) is 16.0. The number of para-hydroxylation sites is 1. The van der Waals surface area contributed by atoms with E-state index >= 15 is 0 Å². The fourth-order valence-corrected chi connectivity index (χ4v) is 3.68. The second-order valence-corrected chi connectivity index (χ2v) is 7.79. The Morgan fingerprint density at radius 2 is 1.84 bits per heavy atom. The SMILES string of the molecule is NC(=O)CNc1nnc(C(N)=O)c(Nc2cc(I)cc3c2ccn3-c2ccccc2)n1. The molecule has 0 radical (unpaired) electrons. The van der Waals surface area contributed by atoms with Gasteiger partial charge in [0.15, 0.2) is 11.5 Å². The van der Waals surface area contributed by atoms with Crippen molar-refractivity contribution in [2.75, 3.05) is 17.2 Å². The average molecular weight is 528 g/mol. The predicted octanol–water partition coefficient (Wildman–Crippen LogP) is 2.16. The molecule has 11 heteroatoms. The summed E-state index contributed by atoms with van der Waals surface area (Å²) in [5, 5.41) is 14.3. The van der Waals surface area contributed by atoms with Gasteiger partial charge in [-0.2, -0.15) is 4.98 Å². The molecule has 2 heterocycles. The normalized spacial score (nSPS) is 10.7. The number of rotatable bonds is 7. The van der Waals surface area contributed by atoms with Crippen molar-refractivity contribution in [1.82, 2.24) is 19.7 Å². The summed E-state index contributed by atoms with van der Waals surface area (Å²) in [6.07, 6.45) is 1.97. The molecule has 0 atom stereocenters. The molecule has 0 unspecified atom stereocenters. The minimum Gasteiger partial charge on any atom is -0.368 e. The summed E-state index contributed by atoms with van der Waals surface area (Å²) < 4.78 is 3.04. The second kappa shape index (κ2) is 8.55. The fraction of sp³-hybridized carbons (Fsp3) is 0.0500. The van der Waals surface area contributed by atoms with Gasteiger partial charge in [-0.05, 0) is 52.9 Å². The second-order valence-electron chi connectivity index (χ2n) is 6.55. The van der Waals surface area contributed by atoms with Gasteiger partial charge in [0, 0.05) is 20.8 Å². The van der Waals surface area contributed by atoms with Gasteiger partial charge in [-0.3, -0.25) is 9.59 Å². The number of hydrogen-bond donors (Lipinski definition) is 4. The molecule has 4 aromatic rings. The largest absolute Gasteiger partial charge is 0.368 e. The van der Waals surface area contributed by atoms with Crippen LogP contribution in [0.2, 0.25) is 0 Å². The monoisotopic (exact) mass is 528 g/mol. The Morgan fingerprint density at radius 1 is 1.06 bits per heavy atom. The molecule has 0 spiro atoms. The van der Waals surface area contributed by atoms with Crippen LogP contribution in [0.4, 0.5) is 17.5 Å². The quantitative estimate of drug-likeness (QED) is 0.268. The molecule has 6 N–H and O–H groups in total. The van der Waals surface area contributed by atoms with Gasteiger partial charge >= 0.3 is 0 Å². The van der Waals surface area contributed by atoms with Crippen LogP contribution < -0.4 is 22.1 Å². The lowest BCUT2D eigenvalue weighted by Crippen LogP contribution is -2.24. The number of fused-ring (bicyclic) bond motifs is 1. The lowest BCUT2D eigenvalue weighted by atomic mass is 10.2. The Bertz CT molecular complexity index is 1290. The molecule has 0 saturated carbocycles. The number of aromatic nitrogens is 4. The Hall–Kier alpha value is -3.74. The van der Waals surface area contributed by atoms with Gasteiger partial charge in [-0.25, -0.2) is 0 Å². The van der Waals surface area contributed by atoms with E-state index in [2.05, 4.69) is 59.0 Å². The van der Waals surface area contributed by atoms with Crippen molar-refractivity contribution in [2.45, 2.75) is 0 Å². The molecule has 0 aliphatic heterocycles. The lowest BCUT2D eigenvalue weighted by molar-refractivity contribution is -0.116. The van der Waals surface area contributed by atoms with Crippen LogP contribution in [0.1, 0.15) is 10.5 Å². The molecule has 2 aromatic carbocycles. The smallest absolute Gasteiger partial charge is 0.273 e. The third kappa shape index (κ3) is 4.40. The summed E-state index contributed by atoms with van der Waals surface area (Å²) in [7, 11) is 0. The third-order valence-electron chi connectivity index (χ3n) is 4.40. The molecular formula is C20H17IN8O2. The van der Waals surface area contributed by atoms with Gasteiger partial charge in [-0.15, -0.1) is 10.2 Å². The van der Waals surface area contributed by atoms with Crippen molar-refractivity contribution >= 4 is 62.8 Å². The molecule has 31 heavy (non-hydrogen) atoms. The Labute approximate surface area is 190 Å². The first-order chi connectivity index (χ1) is 14.9. The highest BCUT2D eigenvalue weighted by Crippen LogP contribution is 2.31. The molecule has 0 aliphatic rings. The van der Waals surface area contributed by atoms with Crippen molar-refractivity contribution in [3.63, 3.8) is 0 Å². The number of carbonyl (C=O) groups excluding carboxylic acids is 2. The van der Waals surface area contributed by atoms with Crippen molar-refractivity contribution in [3.8, 4) is 5.69 Å². The van der Waals surface area contributed by atoms with E-state index in [1.165, 1.54) is 0 Å². The van der Waals surface area contributed by atoms with Crippen LogP contribution in [0.3, 0.4) is 0 Å². The van der Waals surface area contributed by atoms with Gasteiger partial charge in [0.2, 0.25) is 11.9 Å². The van der Waals surface area contributed by atoms with Gasteiger partial charge in [-0.1, -0.05) is 18.2 Å². The van der Waals surface area contributed by atoms with Crippen LogP contribution >= 0.6 is 22.6 Å². The maximum absolute atomic E-state index is 11.8. The molecule has 2 amide bonds. The van der Waals surface area contributed by atoms with Crippen LogP contribution in [0, 0.1) is 3.57 Å². The number of anilines is 3. The minimum atomic E-state index is -0.785. The molecule has 0 fully saturated rings. The van der Waals surface area contributed by atoms with Crippen molar-refractivity contribution in [3.05, 3.63) is 64.0 Å². The third-order valence-corrected chi connectivity index (χ3v) is 5.02. The Morgan fingerprint density at radius 3 is 2.55 bits per heavy atom. The molecule has 156 valence electrons. The van der Waals surface area contributed by atoms with E-state index in [1.54, 1.807) is 0 Å². The maximum atomic E-state index is 11.8. The first-order valence-corrected chi connectivity index (χ1v) is 10.2. The highest BCUT2D eigenvalue weighted by atomic mass is 127. The molecule has 2 aromatic heterocycles. The molecule has 0 aliphatic carbocycles. The molecule has 0 bridgehead atoms.